The number of amides is 1. The van der Waals surface area contributed by atoms with Crippen molar-refractivity contribution in [1.29, 1.82) is 0 Å². The van der Waals surface area contributed by atoms with E-state index >= 15 is 0 Å². The lowest BCUT2D eigenvalue weighted by molar-refractivity contribution is 0.0979. The Morgan fingerprint density at radius 3 is 2.72 bits per heavy atom. The van der Waals surface area contributed by atoms with E-state index in [-0.39, 0.29) is 5.91 Å². The van der Waals surface area contributed by atoms with Gasteiger partial charge in [0.05, 0.1) is 16.8 Å². The van der Waals surface area contributed by atoms with E-state index in [0.29, 0.717) is 23.3 Å². The zero-order valence-electron chi connectivity index (χ0n) is 17.0. The van der Waals surface area contributed by atoms with Crippen LogP contribution in [-0.2, 0) is 13.6 Å². The highest BCUT2D eigenvalue weighted by molar-refractivity contribution is 7.22. The van der Waals surface area contributed by atoms with Crippen molar-refractivity contribution in [2.45, 2.75) is 33.2 Å². The molecule has 1 amide bonds. The molecule has 6 nitrogen and oxygen atoms in total. The van der Waals surface area contributed by atoms with E-state index in [1.165, 1.54) is 16.9 Å². The molecule has 4 rings (SSSR count). The maximum Gasteiger partial charge on any atom is 0.280 e. The smallest absolute Gasteiger partial charge is 0.278 e. The van der Waals surface area contributed by atoms with Crippen LogP contribution in [0.2, 0.25) is 0 Å². The average Bonchev–Trinajstić information content (AvgIpc) is 3.29. The van der Waals surface area contributed by atoms with Crippen LogP contribution in [0.25, 0.3) is 10.2 Å². The van der Waals surface area contributed by atoms with E-state index in [0.717, 1.165) is 21.5 Å². The number of hydrogen-bond acceptors (Lipinski definition) is 5. The molecule has 0 unspecified atom stereocenters. The Labute approximate surface area is 173 Å². The van der Waals surface area contributed by atoms with Crippen LogP contribution in [0.1, 0.15) is 47.1 Å². The van der Waals surface area contributed by atoms with Crippen LogP contribution in [0.4, 0.5) is 5.13 Å². The van der Waals surface area contributed by atoms with E-state index in [2.05, 4.69) is 42.1 Å². The SMILES string of the molecule is Cc1cc(C(=O)N(Cc2cccnc2)c2nc3c(C(C)C)cccc3s2)nn1C. The topological polar surface area (TPSA) is 63.9 Å². The Bertz CT molecular complexity index is 1140. The first-order valence-corrected chi connectivity index (χ1v) is 10.4. The molecule has 0 bridgehead atoms. The highest BCUT2D eigenvalue weighted by Gasteiger charge is 2.25. The van der Waals surface area contributed by atoms with E-state index < -0.39 is 0 Å². The Hall–Kier alpha value is -3.06. The number of fused-ring (bicyclic) bond motifs is 1. The minimum absolute atomic E-state index is 0.164. The Kier molecular flexibility index (Phi) is 5.15. The summed E-state index contributed by atoms with van der Waals surface area (Å²) in [6.07, 6.45) is 3.50. The molecule has 0 spiro atoms. The van der Waals surface area contributed by atoms with Crippen LogP contribution < -0.4 is 4.90 Å². The molecule has 3 aromatic heterocycles. The molecule has 0 saturated heterocycles. The number of rotatable bonds is 5. The summed E-state index contributed by atoms with van der Waals surface area (Å²) in [6.45, 7) is 6.63. The lowest BCUT2D eigenvalue weighted by Gasteiger charge is -2.18. The monoisotopic (exact) mass is 405 g/mol. The van der Waals surface area contributed by atoms with Gasteiger partial charge < -0.3 is 0 Å². The van der Waals surface area contributed by atoms with Gasteiger partial charge in [-0.2, -0.15) is 5.10 Å². The molecule has 0 aliphatic carbocycles. The summed E-state index contributed by atoms with van der Waals surface area (Å²) in [7, 11) is 1.84. The van der Waals surface area contributed by atoms with Crippen molar-refractivity contribution in [3.8, 4) is 0 Å². The third-order valence-electron chi connectivity index (χ3n) is 4.93. The normalized spacial score (nSPS) is 11.3. The van der Waals surface area contributed by atoms with Crippen LogP contribution in [0.5, 0.6) is 0 Å². The predicted octanol–water partition coefficient (Wildman–Crippen LogP) is 4.70. The number of carbonyl (C=O) groups excluding carboxylic acids is 1. The van der Waals surface area contributed by atoms with Crippen molar-refractivity contribution in [1.82, 2.24) is 19.7 Å². The number of nitrogens with zero attached hydrogens (tertiary/aromatic N) is 5. The summed E-state index contributed by atoms with van der Waals surface area (Å²) in [5, 5.41) is 5.06. The first kappa shape index (κ1) is 19.3. The van der Waals surface area contributed by atoms with Crippen molar-refractivity contribution < 1.29 is 4.79 Å². The maximum atomic E-state index is 13.4. The first-order chi connectivity index (χ1) is 13.9. The van der Waals surface area contributed by atoms with Gasteiger partial charge >= 0.3 is 0 Å². The molecule has 4 aromatic rings. The fraction of sp³-hybridized carbons (Fsp3) is 0.273. The Morgan fingerprint density at radius 2 is 2.07 bits per heavy atom. The number of aromatic nitrogens is 4. The van der Waals surface area contributed by atoms with Gasteiger partial charge in [0.25, 0.3) is 5.91 Å². The van der Waals surface area contributed by atoms with Crippen LogP contribution in [-0.4, -0.2) is 25.7 Å². The van der Waals surface area contributed by atoms with Gasteiger partial charge in [-0.15, -0.1) is 0 Å². The highest BCUT2D eigenvalue weighted by Crippen LogP contribution is 2.34. The number of para-hydroxylation sites is 1. The van der Waals surface area contributed by atoms with Gasteiger partial charge in [-0.1, -0.05) is 43.4 Å². The fourth-order valence-electron chi connectivity index (χ4n) is 3.24. The number of pyridine rings is 1. The summed E-state index contributed by atoms with van der Waals surface area (Å²) in [6, 6.07) is 11.9. The molecule has 0 atom stereocenters. The van der Waals surface area contributed by atoms with Crippen LogP contribution in [0.3, 0.4) is 0 Å². The number of anilines is 1. The van der Waals surface area contributed by atoms with E-state index in [4.69, 9.17) is 4.98 Å². The Balaban J connectivity index is 1.80. The second-order valence-corrected chi connectivity index (χ2v) is 8.40. The zero-order valence-corrected chi connectivity index (χ0v) is 17.8. The van der Waals surface area contributed by atoms with Gasteiger partial charge in [0, 0.05) is 25.1 Å². The molecule has 0 radical (unpaired) electrons. The molecule has 0 N–H and O–H groups in total. The average molecular weight is 406 g/mol. The molecule has 29 heavy (non-hydrogen) atoms. The van der Waals surface area contributed by atoms with Crippen molar-refractivity contribution in [3.63, 3.8) is 0 Å². The molecule has 0 saturated carbocycles. The summed E-state index contributed by atoms with van der Waals surface area (Å²) in [5.74, 6) is 0.192. The summed E-state index contributed by atoms with van der Waals surface area (Å²) in [4.78, 5) is 24.2. The number of thiazole rings is 1. The predicted molar refractivity (Wildman–Crippen MR) is 116 cm³/mol. The Morgan fingerprint density at radius 1 is 1.24 bits per heavy atom. The van der Waals surface area contributed by atoms with Gasteiger partial charge in [0.15, 0.2) is 10.8 Å². The van der Waals surface area contributed by atoms with Gasteiger partial charge in [-0.25, -0.2) is 4.98 Å². The number of hydrogen-bond donors (Lipinski definition) is 0. The molecule has 148 valence electrons. The van der Waals surface area contributed by atoms with Gasteiger partial charge in [-0.3, -0.25) is 19.4 Å². The molecule has 1 aromatic carbocycles. The quantitative estimate of drug-likeness (QED) is 0.483. The highest BCUT2D eigenvalue weighted by atomic mass is 32.1. The van der Waals surface area contributed by atoms with Crippen LogP contribution in [0, 0.1) is 6.92 Å². The number of carbonyl (C=O) groups is 1. The van der Waals surface area contributed by atoms with Crippen molar-refractivity contribution in [2.75, 3.05) is 4.90 Å². The van der Waals surface area contributed by atoms with E-state index in [9.17, 15) is 4.79 Å². The largest absolute Gasteiger partial charge is 0.280 e. The molecule has 0 aliphatic heterocycles. The lowest BCUT2D eigenvalue weighted by atomic mass is 10.0. The van der Waals surface area contributed by atoms with Crippen LogP contribution >= 0.6 is 11.3 Å². The second-order valence-electron chi connectivity index (χ2n) is 7.39. The van der Waals surface area contributed by atoms with Gasteiger partial charge in [-0.05, 0) is 42.2 Å². The molecular formula is C22H23N5OS. The number of benzene rings is 1. The maximum absolute atomic E-state index is 13.4. The van der Waals surface area contributed by atoms with Gasteiger partial charge in [0.2, 0.25) is 0 Å². The van der Waals surface area contributed by atoms with Crippen molar-refractivity contribution in [2.24, 2.45) is 7.05 Å². The standard InChI is InChI=1S/C22H23N5OS/c1-14(2)17-8-5-9-19-20(17)24-22(29-19)27(13-16-7-6-10-23-12-16)21(28)18-11-15(3)26(4)25-18/h5-12,14H,13H2,1-4H3. The number of aryl methyl sites for hydroxylation is 2. The molecule has 7 heteroatoms. The first-order valence-electron chi connectivity index (χ1n) is 9.55. The fourth-order valence-corrected chi connectivity index (χ4v) is 4.24. The van der Waals surface area contributed by atoms with E-state index in [1.807, 2.05) is 32.2 Å². The minimum Gasteiger partial charge on any atom is -0.278 e. The molecule has 0 aliphatic rings. The van der Waals surface area contributed by atoms with Crippen molar-refractivity contribution in [3.05, 3.63) is 71.3 Å². The lowest BCUT2D eigenvalue weighted by Crippen LogP contribution is -2.30. The molecule has 3 heterocycles. The summed E-state index contributed by atoms with van der Waals surface area (Å²) < 4.78 is 2.79. The summed E-state index contributed by atoms with van der Waals surface area (Å²) >= 11 is 1.53. The third kappa shape index (κ3) is 3.78. The molecular weight excluding hydrogens is 382 g/mol. The van der Waals surface area contributed by atoms with Gasteiger partial charge in [0.1, 0.15) is 0 Å². The molecule has 0 fully saturated rings. The third-order valence-corrected chi connectivity index (χ3v) is 5.98. The second kappa shape index (κ2) is 7.75. The van der Waals surface area contributed by atoms with Crippen molar-refractivity contribution >= 4 is 32.6 Å². The minimum atomic E-state index is -0.164. The van der Waals surface area contributed by atoms with Crippen LogP contribution in [0.15, 0.2) is 48.8 Å². The zero-order chi connectivity index (χ0) is 20.5. The van der Waals surface area contributed by atoms with E-state index in [1.54, 1.807) is 22.0 Å². The summed E-state index contributed by atoms with van der Waals surface area (Å²) in [5.41, 5.74) is 4.44.